The average Bonchev–Trinajstić information content (AvgIpc) is 2.01. The number of carbonyl (C=O) groups excluding carboxylic acids is 1. The zero-order chi connectivity index (χ0) is 9.73. The maximum Gasteiger partial charge on any atom is 0.160 e. The monoisotopic (exact) mass is 202 g/mol. The fourth-order valence-corrected chi connectivity index (χ4v) is 2.48. The molecule has 0 N–H and O–H groups in total. The highest BCUT2D eigenvalue weighted by Crippen LogP contribution is 2.06. The number of allylic oxidation sites excluding steroid dienone is 1. The minimum atomic E-state index is -3.17. The number of sulfone groups is 1. The molecule has 0 fully saturated rings. The predicted octanol–water partition coefficient (Wildman–Crippen LogP) is 1.10. The molecule has 13 heavy (non-hydrogen) atoms. The zero-order valence-electron chi connectivity index (χ0n) is 7.53. The van der Waals surface area contributed by atoms with Crippen molar-refractivity contribution in [3.05, 3.63) is 12.2 Å². The number of hydrogen-bond acceptors (Lipinski definition) is 3. The Morgan fingerprint density at radius 2 is 1.92 bits per heavy atom. The Morgan fingerprint density at radius 1 is 1.15 bits per heavy atom. The molecule has 0 aliphatic carbocycles. The van der Waals surface area contributed by atoms with Crippen LogP contribution in [0.5, 0.6) is 0 Å². The van der Waals surface area contributed by atoms with Crippen molar-refractivity contribution in [2.75, 3.05) is 11.5 Å². The van der Waals surface area contributed by atoms with Crippen LogP contribution < -0.4 is 0 Å². The van der Waals surface area contributed by atoms with Crippen LogP contribution in [0, 0.1) is 0 Å². The zero-order valence-corrected chi connectivity index (χ0v) is 8.35. The molecule has 0 saturated heterocycles. The van der Waals surface area contributed by atoms with Gasteiger partial charge in [-0.05, 0) is 19.3 Å². The Kier molecular flexibility index (Phi) is 3.66. The molecule has 1 heterocycles. The summed E-state index contributed by atoms with van der Waals surface area (Å²) >= 11 is 0. The SMILES string of the molecule is O=C1CCCC/C=C\CS(=O)(=O)C1. The molecule has 1 aliphatic heterocycles. The van der Waals surface area contributed by atoms with Crippen molar-refractivity contribution in [1.29, 1.82) is 0 Å². The van der Waals surface area contributed by atoms with Gasteiger partial charge in [-0.1, -0.05) is 12.2 Å². The van der Waals surface area contributed by atoms with Crippen molar-refractivity contribution in [3.63, 3.8) is 0 Å². The first kappa shape index (κ1) is 10.4. The van der Waals surface area contributed by atoms with E-state index in [1.807, 2.05) is 6.08 Å². The van der Waals surface area contributed by atoms with E-state index >= 15 is 0 Å². The Balaban J connectivity index is 2.68. The average molecular weight is 202 g/mol. The summed E-state index contributed by atoms with van der Waals surface area (Å²) in [5.74, 6) is -0.411. The van der Waals surface area contributed by atoms with E-state index in [4.69, 9.17) is 0 Å². The second-order valence-corrected chi connectivity index (χ2v) is 5.42. The molecule has 0 aromatic heterocycles. The lowest BCUT2D eigenvalue weighted by Crippen LogP contribution is -2.18. The lowest BCUT2D eigenvalue weighted by atomic mass is 10.1. The van der Waals surface area contributed by atoms with Gasteiger partial charge in [-0.2, -0.15) is 0 Å². The van der Waals surface area contributed by atoms with Gasteiger partial charge in [0.25, 0.3) is 0 Å². The van der Waals surface area contributed by atoms with Crippen LogP contribution in [-0.2, 0) is 14.6 Å². The van der Waals surface area contributed by atoms with Gasteiger partial charge in [0.05, 0.1) is 5.75 Å². The van der Waals surface area contributed by atoms with Crippen molar-refractivity contribution in [2.45, 2.75) is 25.7 Å². The third-order valence-electron chi connectivity index (χ3n) is 1.97. The molecule has 0 bridgehead atoms. The molecule has 0 amide bonds. The van der Waals surface area contributed by atoms with Gasteiger partial charge < -0.3 is 0 Å². The van der Waals surface area contributed by atoms with E-state index < -0.39 is 9.84 Å². The van der Waals surface area contributed by atoms with Crippen LogP contribution in [0.1, 0.15) is 25.7 Å². The Bertz CT molecular complexity index is 301. The molecule has 0 unspecified atom stereocenters. The van der Waals surface area contributed by atoms with Crippen molar-refractivity contribution < 1.29 is 13.2 Å². The van der Waals surface area contributed by atoms with Crippen LogP contribution in [0.4, 0.5) is 0 Å². The summed E-state index contributed by atoms with van der Waals surface area (Å²) in [6, 6.07) is 0. The van der Waals surface area contributed by atoms with Gasteiger partial charge in [0.2, 0.25) is 0 Å². The van der Waals surface area contributed by atoms with E-state index in [0.29, 0.717) is 6.42 Å². The molecule has 0 aromatic rings. The number of Topliss-reactive ketones (excluding diaryl/α,β-unsaturated/α-hetero) is 1. The molecule has 0 atom stereocenters. The highest BCUT2D eigenvalue weighted by atomic mass is 32.2. The van der Waals surface area contributed by atoms with Gasteiger partial charge in [-0.25, -0.2) is 8.42 Å². The Hall–Kier alpha value is -0.640. The summed E-state index contributed by atoms with van der Waals surface area (Å²) in [4.78, 5) is 11.1. The van der Waals surface area contributed by atoms with Crippen molar-refractivity contribution in [3.8, 4) is 0 Å². The molecule has 74 valence electrons. The highest BCUT2D eigenvalue weighted by molar-refractivity contribution is 7.92. The first-order chi connectivity index (χ1) is 6.10. The maximum absolute atomic E-state index is 11.2. The second kappa shape index (κ2) is 4.56. The Labute approximate surface area is 78.8 Å². The minimum Gasteiger partial charge on any atom is -0.299 e. The molecular formula is C9H14O3S. The first-order valence-corrected chi connectivity index (χ1v) is 6.29. The third kappa shape index (κ3) is 4.22. The summed E-state index contributed by atoms with van der Waals surface area (Å²) < 4.78 is 22.5. The van der Waals surface area contributed by atoms with Gasteiger partial charge >= 0.3 is 0 Å². The summed E-state index contributed by atoms with van der Waals surface area (Å²) in [6.45, 7) is 0. The molecule has 1 aliphatic rings. The van der Waals surface area contributed by atoms with Crippen LogP contribution in [-0.4, -0.2) is 25.7 Å². The topological polar surface area (TPSA) is 51.2 Å². The fourth-order valence-electron chi connectivity index (χ4n) is 1.29. The van der Waals surface area contributed by atoms with Crippen molar-refractivity contribution in [1.82, 2.24) is 0 Å². The van der Waals surface area contributed by atoms with Crippen molar-refractivity contribution >= 4 is 15.6 Å². The van der Waals surface area contributed by atoms with Gasteiger partial charge in [0, 0.05) is 6.42 Å². The molecule has 0 radical (unpaired) electrons. The highest BCUT2D eigenvalue weighted by Gasteiger charge is 2.15. The molecule has 1 rings (SSSR count). The van der Waals surface area contributed by atoms with Crippen LogP contribution >= 0.6 is 0 Å². The summed E-state index contributed by atoms with van der Waals surface area (Å²) in [7, 11) is -3.17. The van der Waals surface area contributed by atoms with Crippen molar-refractivity contribution in [2.24, 2.45) is 0 Å². The normalized spacial score (nSPS) is 26.6. The van der Waals surface area contributed by atoms with E-state index in [2.05, 4.69) is 0 Å². The van der Waals surface area contributed by atoms with E-state index in [-0.39, 0.29) is 17.3 Å². The summed E-state index contributed by atoms with van der Waals surface area (Å²) in [5.41, 5.74) is 0. The van der Waals surface area contributed by atoms with Gasteiger partial charge in [0.1, 0.15) is 11.5 Å². The second-order valence-electron chi connectivity index (χ2n) is 3.31. The third-order valence-corrected chi connectivity index (χ3v) is 3.44. The van der Waals surface area contributed by atoms with Crippen LogP contribution in [0.3, 0.4) is 0 Å². The lowest BCUT2D eigenvalue weighted by Gasteiger charge is -2.03. The minimum absolute atomic E-state index is 0.0126. The fraction of sp³-hybridized carbons (Fsp3) is 0.667. The summed E-state index contributed by atoms with van der Waals surface area (Å²) in [5, 5.41) is 0. The number of rotatable bonds is 0. The number of ketones is 1. The van der Waals surface area contributed by atoms with Crippen LogP contribution in [0.2, 0.25) is 0 Å². The van der Waals surface area contributed by atoms with E-state index in [1.54, 1.807) is 6.08 Å². The molecule has 0 saturated carbocycles. The first-order valence-electron chi connectivity index (χ1n) is 4.47. The maximum atomic E-state index is 11.2. The molecule has 4 heteroatoms. The van der Waals surface area contributed by atoms with E-state index in [1.165, 1.54) is 0 Å². The van der Waals surface area contributed by atoms with Crippen LogP contribution in [0.25, 0.3) is 0 Å². The molecular weight excluding hydrogens is 188 g/mol. The van der Waals surface area contributed by atoms with E-state index in [0.717, 1.165) is 19.3 Å². The predicted molar refractivity (Wildman–Crippen MR) is 51.3 cm³/mol. The van der Waals surface area contributed by atoms with E-state index in [9.17, 15) is 13.2 Å². The van der Waals surface area contributed by atoms with Crippen LogP contribution in [0.15, 0.2) is 12.2 Å². The standard InChI is InChI=1S/C9H14O3S/c10-9-6-4-2-1-3-5-7-13(11,12)8-9/h3,5H,1-2,4,6-8H2/b5-3-. The smallest absolute Gasteiger partial charge is 0.160 e. The molecule has 3 nitrogen and oxygen atoms in total. The lowest BCUT2D eigenvalue weighted by molar-refractivity contribution is -0.116. The van der Waals surface area contributed by atoms with Gasteiger partial charge in [-0.3, -0.25) is 4.79 Å². The van der Waals surface area contributed by atoms with Gasteiger partial charge in [-0.15, -0.1) is 0 Å². The number of hydrogen-bond donors (Lipinski definition) is 0. The largest absolute Gasteiger partial charge is 0.299 e. The van der Waals surface area contributed by atoms with Gasteiger partial charge in [0.15, 0.2) is 9.84 Å². The Morgan fingerprint density at radius 3 is 2.69 bits per heavy atom. The quantitative estimate of drug-likeness (QED) is 0.553. The number of carbonyl (C=O) groups is 1. The molecule has 0 aromatic carbocycles. The summed E-state index contributed by atoms with van der Waals surface area (Å²) in [6.07, 6.45) is 6.60. The molecule has 0 spiro atoms.